The molecule has 0 aliphatic rings. The number of ether oxygens (including phenoxy) is 1. The van der Waals surface area contributed by atoms with Gasteiger partial charge in [0.15, 0.2) is 0 Å². The zero-order valence-electron chi connectivity index (χ0n) is 10.5. The molecule has 0 aliphatic heterocycles. The van der Waals surface area contributed by atoms with Crippen LogP contribution in [-0.4, -0.2) is 18.2 Å². The maximum atomic E-state index is 10.9. The first-order valence-electron chi connectivity index (χ1n) is 5.43. The molecule has 4 heteroatoms. The lowest BCUT2D eigenvalue weighted by Gasteiger charge is -2.17. The lowest BCUT2D eigenvalue weighted by molar-refractivity contribution is -0.141. The normalized spacial score (nSPS) is 12.3. The Labute approximate surface area is 106 Å². The summed E-state index contributed by atoms with van der Waals surface area (Å²) >= 11 is 6.11. The molecule has 1 N–H and O–H groups in total. The second-order valence-electron chi connectivity index (χ2n) is 4.26. The molecule has 1 aromatic carbocycles. The van der Waals surface area contributed by atoms with E-state index in [0.29, 0.717) is 11.4 Å². The summed E-state index contributed by atoms with van der Waals surface area (Å²) in [6.07, 6.45) is 0.422. The van der Waals surface area contributed by atoms with E-state index in [0.717, 1.165) is 22.4 Å². The number of halogens is 1. The number of rotatable bonds is 4. The van der Waals surface area contributed by atoms with Gasteiger partial charge in [0.1, 0.15) is 5.75 Å². The van der Waals surface area contributed by atoms with Gasteiger partial charge in [-0.05, 0) is 43.0 Å². The fourth-order valence-corrected chi connectivity index (χ4v) is 2.12. The lowest BCUT2D eigenvalue weighted by atomic mass is 9.94. The summed E-state index contributed by atoms with van der Waals surface area (Å²) in [5, 5.41) is 9.61. The molecular formula is C13H17ClO3. The first-order chi connectivity index (χ1) is 7.88. The molecule has 0 bridgehead atoms. The highest BCUT2D eigenvalue weighted by Gasteiger charge is 2.19. The summed E-state index contributed by atoms with van der Waals surface area (Å²) in [7, 11) is 1.59. The van der Waals surface area contributed by atoms with Crippen molar-refractivity contribution < 1.29 is 14.6 Å². The predicted octanol–water partition coefficient (Wildman–Crippen LogP) is 3.23. The first kappa shape index (κ1) is 13.8. The van der Waals surface area contributed by atoms with Crippen molar-refractivity contribution in [3.8, 4) is 5.75 Å². The summed E-state index contributed by atoms with van der Waals surface area (Å²) in [4.78, 5) is 10.9. The quantitative estimate of drug-likeness (QED) is 0.900. The van der Waals surface area contributed by atoms with Gasteiger partial charge in [0.05, 0.1) is 13.0 Å². The average Bonchev–Trinajstić information content (AvgIpc) is 2.25. The van der Waals surface area contributed by atoms with Crippen molar-refractivity contribution in [2.75, 3.05) is 7.11 Å². The molecule has 1 atom stereocenters. The van der Waals surface area contributed by atoms with E-state index in [9.17, 15) is 4.79 Å². The number of carboxylic acid groups (broad SMARTS) is 1. The molecule has 0 amide bonds. The SMILES string of the molecule is COc1c(C)cc(Cl)c(C)c1CC(C)C(=O)O. The van der Waals surface area contributed by atoms with Gasteiger partial charge in [0, 0.05) is 5.02 Å². The van der Waals surface area contributed by atoms with Crippen LogP contribution in [0.15, 0.2) is 6.07 Å². The summed E-state index contributed by atoms with van der Waals surface area (Å²) in [6.45, 7) is 5.46. The van der Waals surface area contributed by atoms with Crippen LogP contribution >= 0.6 is 11.6 Å². The second-order valence-corrected chi connectivity index (χ2v) is 4.66. The van der Waals surface area contributed by atoms with Gasteiger partial charge in [-0.15, -0.1) is 0 Å². The van der Waals surface area contributed by atoms with Crippen LogP contribution in [0.25, 0.3) is 0 Å². The molecule has 1 aromatic rings. The molecule has 0 aromatic heterocycles. The number of carboxylic acids is 1. The molecule has 0 saturated heterocycles. The Hall–Kier alpha value is -1.22. The van der Waals surface area contributed by atoms with Gasteiger partial charge in [-0.25, -0.2) is 0 Å². The van der Waals surface area contributed by atoms with E-state index in [4.69, 9.17) is 21.4 Å². The van der Waals surface area contributed by atoms with Crippen LogP contribution in [0.5, 0.6) is 5.75 Å². The number of methoxy groups -OCH3 is 1. The highest BCUT2D eigenvalue weighted by molar-refractivity contribution is 6.31. The average molecular weight is 257 g/mol. The Kier molecular flexibility index (Phi) is 4.40. The second kappa shape index (κ2) is 5.41. The topological polar surface area (TPSA) is 46.5 Å². The Balaban J connectivity index is 3.25. The zero-order chi connectivity index (χ0) is 13.2. The number of hydrogen-bond donors (Lipinski definition) is 1. The van der Waals surface area contributed by atoms with Crippen molar-refractivity contribution in [1.29, 1.82) is 0 Å². The van der Waals surface area contributed by atoms with E-state index in [1.54, 1.807) is 14.0 Å². The number of aliphatic carboxylic acids is 1. The molecule has 0 aliphatic carbocycles. The Morgan fingerprint density at radius 1 is 1.53 bits per heavy atom. The van der Waals surface area contributed by atoms with Gasteiger partial charge in [0.25, 0.3) is 0 Å². The highest BCUT2D eigenvalue weighted by atomic mass is 35.5. The third-order valence-electron chi connectivity index (χ3n) is 2.92. The minimum absolute atomic E-state index is 0.422. The summed E-state index contributed by atoms with van der Waals surface area (Å²) in [6, 6.07) is 1.84. The van der Waals surface area contributed by atoms with Gasteiger partial charge >= 0.3 is 5.97 Å². The molecule has 94 valence electrons. The van der Waals surface area contributed by atoms with Gasteiger partial charge in [-0.2, -0.15) is 0 Å². The Morgan fingerprint density at radius 3 is 2.59 bits per heavy atom. The number of benzene rings is 1. The molecule has 0 spiro atoms. The summed E-state index contributed by atoms with van der Waals surface area (Å²) < 4.78 is 5.34. The molecule has 1 unspecified atom stereocenters. The van der Waals surface area contributed by atoms with E-state index in [1.807, 2.05) is 19.9 Å². The van der Waals surface area contributed by atoms with Crippen LogP contribution in [0.2, 0.25) is 5.02 Å². The summed E-state index contributed by atoms with van der Waals surface area (Å²) in [5.74, 6) is -0.537. The molecule has 17 heavy (non-hydrogen) atoms. The molecule has 0 saturated carbocycles. The van der Waals surface area contributed by atoms with Crippen molar-refractivity contribution >= 4 is 17.6 Å². The van der Waals surface area contributed by atoms with E-state index in [2.05, 4.69) is 0 Å². The Bertz CT molecular complexity index is 441. The van der Waals surface area contributed by atoms with Crippen LogP contribution in [0.1, 0.15) is 23.6 Å². The third-order valence-corrected chi connectivity index (χ3v) is 3.31. The van der Waals surface area contributed by atoms with Crippen molar-refractivity contribution in [1.82, 2.24) is 0 Å². The third kappa shape index (κ3) is 2.91. The van der Waals surface area contributed by atoms with Gasteiger partial charge in [-0.3, -0.25) is 4.79 Å². The van der Waals surface area contributed by atoms with E-state index < -0.39 is 11.9 Å². The minimum Gasteiger partial charge on any atom is -0.496 e. The number of carbonyl (C=O) groups is 1. The molecule has 0 fully saturated rings. The predicted molar refractivity (Wildman–Crippen MR) is 68.0 cm³/mol. The standard InChI is InChI=1S/C13H17ClO3/c1-7-6-11(14)9(3)10(12(7)17-4)5-8(2)13(15)16/h6,8H,5H2,1-4H3,(H,15,16). The maximum absolute atomic E-state index is 10.9. The summed E-state index contributed by atoms with van der Waals surface area (Å²) in [5.41, 5.74) is 2.70. The Morgan fingerprint density at radius 2 is 2.12 bits per heavy atom. The maximum Gasteiger partial charge on any atom is 0.306 e. The largest absolute Gasteiger partial charge is 0.496 e. The van der Waals surface area contributed by atoms with E-state index >= 15 is 0 Å². The van der Waals surface area contributed by atoms with Crippen LogP contribution in [0, 0.1) is 19.8 Å². The zero-order valence-corrected chi connectivity index (χ0v) is 11.3. The number of hydrogen-bond acceptors (Lipinski definition) is 2. The van der Waals surface area contributed by atoms with Gasteiger partial charge in [-0.1, -0.05) is 18.5 Å². The molecule has 1 rings (SSSR count). The number of aryl methyl sites for hydroxylation is 1. The molecule has 0 radical (unpaired) electrons. The molecule has 0 heterocycles. The fraction of sp³-hybridized carbons (Fsp3) is 0.462. The minimum atomic E-state index is -0.816. The van der Waals surface area contributed by atoms with Crippen molar-refractivity contribution in [2.24, 2.45) is 5.92 Å². The first-order valence-corrected chi connectivity index (χ1v) is 5.81. The van der Waals surface area contributed by atoms with Gasteiger partial charge < -0.3 is 9.84 Å². The fourth-order valence-electron chi connectivity index (χ4n) is 1.84. The lowest BCUT2D eigenvalue weighted by Crippen LogP contribution is -2.14. The highest BCUT2D eigenvalue weighted by Crippen LogP contribution is 2.33. The van der Waals surface area contributed by atoms with Crippen LogP contribution < -0.4 is 4.74 Å². The van der Waals surface area contributed by atoms with Crippen molar-refractivity contribution in [2.45, 2.75) is 27.2 Å². The van der Waals surface area contributed by atoms with E-state index in [-0.39, 0.29) is 0 Å². The van der Waals surface area contributed by atoms with Crippen molar-refractivity contribution in [3.05, 3.63) is 27.8 Å². The van der Waals surface area contributed by atoms with Crippen LogP contribution in [0.3, 0.4) is 0 Å². The monoisotopic (exact) mass is 256 g/mol. The van der Waals surface area contributed by atoms with Crippen molar-refractivity contribution in [3.63, 3.8) is 0 Å². The van der Waals surface area contributed by atoms with E-state index in [1.165, 1.54) is 0 Å². The molecule has 3 nitrogen and oxygen atoms in total. The molecular weight excluding hydrogens is 240 g/mol. The van der Waals surface area contributed by atoms with Crippen LogP contribution in [0.4, 0.5) is 0 Å². The van der Waals surface area contributed by atoms with Crippen LogP contribution in [-0.2, 0) is 11.2 Å². The van der Waals surface area contributed by atoms with Gasteiger partial charge in [0.2, 0.25) is 0 Å². The smallest absolute Gasteiger partial charge is 0.306 e.